The zero-order chi connectivity index (χ0) is 18.4. The van der Waals surface area contributed by atoms with Crippen LogP contribution in [0.4, 0.5) is 10.1 Å². The van der Waals surface area contributed by atoms with Gasteiger partial charge in [-0.25, -0.2) is 4.39 Å². The Morgan fingerprint density at radius 2 is 1.58 bits per heavy atom. The van der Waals surface area contributed by atoms with Crippen molar-refractivity contribution in [2.75, 3.05) is 11.9 Å². The molecule has 0 aliphatic carbocycles. The first-order valence-electron chi connectivity index (χ1n) is 8.12. The summed E-state index contributed by atoms with van der Waals surface area (Å²) in [5.41, 5.74) is 1.68. The summed E-state index contributed by atoms with van der Waals surface area (Å²) in [4.78, 5) is 12.1. The van der Waals surface area contributed by atoms with E-state index in [0.717, 1.165) is 5.56 Å². The van der Waals surface area contributed by atoms with Crippen molar-refractivity contribution in [3.63, 3.8) is 0 Å². The van der Waals surface area contributed by atoms with Gasteiger partial charge in [0.25, 0.3) is 5.91 Å². The topological polar surface area (TPSA) is 47.6 Å². The third-order valence-electron chi connectivity index (χ3n) is 3.59. The second-order valence-electron chi connectivity index (χ2n) is 5.70. The molecule has 5 heteroatoms. The molecule has 0 fully saturated rings. The molecule has 3 aromatic carbocycles. The van der Waals surface area contributed by atoms with Crippen molar-refractivity contribution in [1.29, 1.82) is 0 Å². The van der Waals surface area contributed by atoms with Gasteiger partial charge in [0.1, 0.15) is 17.3 Å². The molecule has 1 N–H and O–H groups in total. The van der Waals surface area contributed by atoms with Crippen LogP contribution >= 0.6 is 0 Å². The summed E-state index contributed by atoms with van der Waals surface area (Å²) < 4.78 is 24.1. The number of rotatable bonds is 6. The molecule has 26 heavy (non-hydrogen) atoms. The van der Waals surface area contributed by atoms with Gasteiger partial charge in [0.15, 0.2) is 12.4 Å². The number of aryl methyl sites for hydroxylation is 1. The molecule has 3 rings (SSSR count). The molecule has 0 spiro atoms. The molecule has 0 aliphatic heterocycles. The summed E-state index contributed by atoms with van der Waals surface area (Å²) in [6.45, 7) is 1.81. The molecule has 0 aliphatic rings. The first kappa shape index (κ1) is 17.5. The Labute approximate surface area is 151 Å². The van der Waals surface area contributed by atoms with Gasteiger partial charge in [0.05, 0.1) is 5.69 Å². The summed E-state index contributed by atoms with van der Waals surface area (Å²) >= 11 is 0. The molecule has 0 atom stereocenters. The number of halogens is 1. The number of amides is 1. The minimum absolute atomic E-state index is 0.190. The van der Waals surface area contributed by atoms with E-state index in [4.69, 9.17) is 9.47 Å². The van der Waals surface area contributed by atoms with E-state index >= 15 is 0 Å². The van der Waals surface area contributed by atoms with Crippen molar-refractivity contribution >= 4 is 11.6 Å². The lowest BCUT2D eigenvalue weighted by molar-refractivity contribution is -0.118. The number of hydrogen-bond acceptors (Lipinski definition) is 3. The summed E-state index contributed by atoms with van der Waals surface area (Å²) in [5.74, 6) is 0.940. The average Bonchev–Trinajstić information content (AvgIpc) is 2.65. The third-order valence-corrected chi connectivity index (χ3v) is 3.59. The summed E-state index contributed by atoms with van der Waals surface area (Å²) in [7, 11) is 0. The lowest BCUT2D eigenvalue weighted by Gasteiger charge is -2.13. The molecule has 0 heterocycles. The number of benzene rings is 3. The van der Waals surface area contributed by atoms with Gasteiger partial charge in [-0.05, 0) is 55.5 Å². The lowest BCUT2D eigenvalue weighted by atomic mass is 10.2. The Bertz CT molecular complexity index is 877. The van der Waals surface area contributed by atoms with Crippen molar-refractivity contribution in [1.82, 2.24) is 0 Å². The molecule has 132 valence electrons. The van der Waals surface area contributed by atoms with E-state index in [0.29, 0.717) is 22.9 Å². The van der Waals surface area contributed by atoms with Crippen LogP contribution in [0.2, 0.25) is 0 Å². The van der Waals surface area contributed by atoms with Gasteiger partial charge in [-0.2, -0.15) is 0 Å². The highest BCUT2D eigenvalue weighted by Crippen LogP contribution is 2.29. The van der Waals surface area contributed by atoms with E-state index < -0.39 is 0 Å². The number of anilines is 1. The van der Waals surface area contributed by atoms with Crippen LogP contribution in [0.3, 0.4) is 0 Å². The van der Waals surface area contributed by atoms with Crippen LogP contribution in [0.15, 0.2) is 72.8 Å². The number of carbonyl (C=O) groups excluding carboxylic acids is 1. The second-order valence-corrected chi connectivity index (χ2v) is 5.70. The molecule has 0 radical (unpaired) electrons. The highest BCUT2D eigenvalue weighted by atomic mass is 19.1. The van der Waals surface area contributed by atoms with Crippen molar-refractivity contribution in [3.05, 3.63) is 84.2 Å². The Kier molecular flexibility index (Phi) is 5.49. The van der Waals surface area contributed by atoms with Crippen molar-refractivity contribution in [2.45, 2.75) is 6.92 Å². The Morgan fingerprint density at radius 1 is 0.923 bits per heavy atom. The van der Waals surface area contributed by atoms with Crippen LogP contribution in [0, 0.1) is 12.7 Å². The largest absolute Gasteiger partial charge is 0.484 e. The van der Waals surface area contributed by atoms with Crippen molar-refractivity contribution in [2.24, 2.45) is 0 Å². The first-order valence-corrected chi connectivity index (χ1v) is 8.12. The zero-order valence-corrected chi connectivity index (χ0v) is 14.2. The molecule has 0 saturated carbocycles. The quantitative estimate of drug-likeness (QED) is 0.684. The highest BCUT2D eigenvalue weighted by Gasteiger charge is 2.09. The van der Waals surface area contributed by atoms with E-state index in [-0.39, 0.29) is 18.3 Å². The molecule has 4 nitrogen and oxygen atoms in total. The van der Waals surface area contributed by atoms with Crippen LogP contribution in [-0.4, -0.2) is 12.5 Å². The Hall–Kier alpha value is -3.34. The van der Waals surface area contributed by atoms with Crippen LogP contribution in [0.25, 0.3) is 0 Å². The van der Waals surface area contributed by atoms with Crippen LogP contribution in [0.5, 0.6) is 17.2 Å². The summed E-state index contributed by atoms with van der Waals surface area (Å²) in [5, 5.41) is 2.76. The Balaban J connectivity index is 1.62. The van der Waals surface area contributed by atoms with Gasteiger partial charge in [-0.1, -0.05) is 29.8 Å². The van der Waals surface area contributed by atoms with Gasteiger partial charge in [-0.3, -0.25) is 4.79 Å². The second kappa shape index (κ2) is 8.16. The number of carbonyl (C=O) groups is 1. The van der Waals surface area contributed by atoms with E-state index in [1.807, 2.05) is 37.3 Å². The SMILES string of the molecule is Cc1ccc(Oc2ccccc2NC(=O)COc2ccc(F)cc2)cc1. The summed E-state index contributed by atoms with van der Waals surface area (Å²) in [6.07, 6.45) is 0. The molecule has 0 unspecified atom stereocenters. The molecule has 0 bridgehead atoms. The minimum Gasteiger partial charge on any atom is -0.484 e. The van der Waals surface area contributed by atoms with E-state index in [9.17, 15) is 9.18 Å². The van der Waals surface area contributed by atoms with Gasteiger partial charge in [-0.15, -0.1) is 0 Å². The normalized spacial score (nSPS) is 10.2. The van der Waals surface area contributed by atoms with E-state index in [1.165, 1.54) is 24.3 Å². The molecule has 0 saturated heterocycles. The highest BCUT2D eigenvalue weighted by molar-refractivity contribution is 5.93. The maximum Gasteiger partial charge on any atom is 0.262 e. The fourth-order valence-electron chi connectivity index (χ4n) is 2.26. The van der Waals surface area contributed by atoms with Gasteiger partial charge < -0.3 is 14.8 Å². The summed E-state index contributed by atoms with van der Waals surface area (Å²) in [6, 6.07) is 20.3. The van der Waals surface area contributed by atoms with Crippen molar-refractivity contribution in [3.8, 4) is 17.2 Å². The molecule has 1 amide bonds. The average molecular weight is 351 g/mol. The van der Waals surface area contributed by atoms with E-state index in [2.05, 4.69) is 5.32 Å². The predicted octanol–water partition coefficient (Wildman–Crippen LogP) is 4.94. The predicted molar refractivity (Wildman–Crippen MR) is 98.2 cm³/mol. The number of ether oxygens (including phenoxy) is 2. The lowest BCUT2D eigenvalue weighted by Crippen LogP contribution is -2.20. The van der Waals surface area contributed by atoms with Gasteiger partial charge in [0.2, 0.25) is 0 Å². The van der Waals surface area contributed by atoms with Gasteiger partial charge >= 0.3 is 0 Å². The monoisotopic (exact) mass is 351 g/mol. The number of para-hydroxylation sites is 2. The first-order chi connectivity index (χ1) is 12.6. The minimum atomic E-state index is -0.357. The molecule has 0 aromatic heterocycles. The fraction of sp³-hybridized carbons (Fsp3) is 0.0952. The third kappa shape index (κ3) is 4.83. The van der Waals surface area contributed by atoms with Gasteiger partial charge in [0, 0.05) is 0 Å². The molecule has 3 aromatic rings. The van der Waals surface area contributed by atoms with Crippen LogP contribution < -0.4 is 14.8 Å². The number of nitrogens with one attached hydrogen (secondary N) is 1. The molecular weight excluding hydrogens is 333 g/mol. The van der Waals surface area contributed by atoms with Crippen LogP contribution in [0.1, 0.15) is 5.56 Å². The maximum atomic E-state index is 12.9. The maximum absolute atomic E-state index is 12.9. The number of hydrogen-bond donors (Lipinski definition) is 1. The fourth-order valence-corrected chi connectivity index (χ4v) is 2.26. The Morgan fingerprint density at radius 3 is 2.31 bits per heavy atom. The van der Waals surface area contributed by atoms with E-state index in [1.54, 1.807) is 18.2 Å². The zero-order valence-electron chi connectivity index (χ0n) is 14.2. The van der Waals surface area contributed by atoms with Crippen molar-refractivity contribution < 1.29 is 18.7 Å². The standard InChI is InChI=1S/C21H18FNO3/c1-15-6-10-18(11-7-15)26-20-5-3-2-4-19(20)23-21(24)14-25-17-12-8-16(22)9-13-17/h2-13H,14H2,1H3,(H,23,24). The molecular formula is C21H18FNO3. The smallest absolute Gasteiger partial charge is 0.262 e. The van der Waals surface area contributed by atoms with Crippen LogP contribution in [-0.2, 0) is 4.79 Å².